The van der Waals surface area contributed by atoms with Gasteiger partial charge in [0, 0.05) is 33.3 Å². The van der Waals surface area contributed by atoms with Crippen LogP contribution in [0.5, 0.6) is 0 Å². The highest BCUT2D eigenvalue weighted by atomic mass is 16.3. The van der Waals surface area contributed by atoms with Gasteiger partial charge in [-0.2, -0.15) is 0 Å². The maximum atomic E-state index is 6.77. The molecule has 10 aromatic rings. The molecule has 0 bridgehead atoms. The number of anilines is 3. The summed E-state index contributed by atoms with van der Waals surface area (Å²) in [4.78, 5) is 2.40. The van der Waals surface area contributed by atoms with Gasteiger partial charge in [-0.15, -0.1) is 0 Å². The van der Waals surface area contributed by atoms with Gasteiger partial charge in [-0.3, -0.25) is 0 Å². The largest absolute Gasteiger partial charge is 0.455 e. The zero-order valence-electron chi connectivity index (χ0n) is 28.4. The van der Waals surface area contributed by atoms with E-state index in [1.165, 1.54) is 43.8 Å². The second-order valence-corrected chi connectivity index (χ2v) is 13.3. The van der Waals surface area contributed by atoms with Crippen LogP contribution in [-0.4, -0.2) is 0 Å². The maximum Gasteiger partial charge on any atom is 0.143 e. The molecule has 0 atom stereocenters. The molecule has 0 saturated carbocycles. The van der Waals surface area contributed by atoms with E-state index in [9.17, 15) is 0 Å². The molecule has 0 amide bonds. The molecule has 9 aromatic carbocycles. The van der Waals surface area contributed by atoms with Crippen molar-refractivity contribution in [2.24, 2.45) is 0 Å². The lowest BCUT2D eigenvalue weighted by atomic mass is 9.93. The number of para-hydroxylation sites is 2. The lowest BCUT2D eigenvalue weighted by molar-refractivity contribution is 0.670. The van der Waals surface area contributed by atoms with Crippen molar-refractivity contribution >= 4 is 60.5 Å². The van der Waals surface area contributed by atoms with E-state index in [1.54, 1.807) is 0 Å². The van der Waals surface area contributed by atoms with Crippen molar-refractivity contribution in [3.8, 4) is 33.4 Å². The van der Waals surface area contributed by atoms with Crippen LogP contribution in [0.4, 0.5) is 17.1 Å². The highest BCUT2D eigenvalue weighted by Crippen LogP contribution is 2.46. The molecule has 0 N–H and O–H groups in total. The predicted octanol–water partition coefficient (Wildman–Crippen LogP) is 14.4. The summed E-state index contributed by atoms with van der Waals surface area (Å²) in [6, 6.07) is 71.7. The molecule has 10 rings (SSSR count). The Morgan fingerprint density at radius 2 is 0.904 bits per heavy atom. The van der Waals surface area contributed by atoms with E-state index in [1.807, 2.05) is 0 Å². The Hall–Kier alpha value is -6.90. The zero-order valence-corrected chi connectivity index (χ0v) is 28.4. The number of fused-ring (bicyclic) bond motifs is 5. The van der Waals surface area contributed by atoms with Crippen LogP contribution in [0.3, 0.4) is 0 Å². The Kier molecular flexibility index (Phi) is 7.18. The molecule has 0 radical (unpaired) electrons. The molecule has 2 nitrogen and oxygen atoms in total. The molecule has 2 heteroatoms. The minimum atomic E-state index is 0.892. The summed E-state index contributed by atoms with van der Waals surface area (Å²) in [7, 11) is 0. The molecule has 52 heavy (non-hydrogen) atoms. The van der Waals surface area contributed by atoms with Gasteiger partial charge in [0.15, 0.2) is 0 Å². The number of benzene rings is 9. The second-order valence-electron chi connectivity index (χ2n) is 13.3. The van der Waals surface area contributed by atoms with E-state index in [0.29, 0.717) is 0 Å². The van der Waals surface area contributed by atoms with Gasteiger partial charge in [-0.05, 0) is 86.3 Å². The first-order valence-electron chi connectivity index (χ1n) is 17.8. The summed E-state index contributed by atoms with van der Waals surface area (Å²) >= 11 is 0. The van der Waals surface area contributed by atoms with E-state index < -0.39 is 0 Å². The van der Waals surface area contributed by atoms with Gasteiger partial charge in [-0.25, -0.2) is 0 Å². The lowest BCUT2D eigenvalue weighted by Gasteiger charge is -2.29. The van der Waals surface area contributed by atoms with Gasteiger partial charge in [0.2, 0.25) is 0 Å². The second kappa shape index (κ2) is 12.5. The van der Waals surface area contributed by atoms with E-state index in [-0.39, 0.29) is 0 Å². The summed E-state index contributed by atoms with van der Waals surface area (Å²) in [5.74, 6) is 0. The quantitative estimate of drug-likeness (QED) is 0.176. The molecule has 244 valence electrons. The highest BCUT2D eigenvalue weighted by Gasteiger charge is 2.22. The van der Waals surface area contributed by atoms with Gasteiger partial charge in [0.05, 0.1) is 5.69 Å². The van der Waals surface area contributed by atoms with Crippen LogP contribution >= 0.6 is 0 Å². The summed E-state index contributed by atoms with van der Waals surface area (Å²) < 4.78 is 6.77. The van der Waals surface area contributed by atoms with Gasteiger partial charge in [-0.1, -0.05) is 158 Å². The van der Waals surface area contributed by atoms with E-state index >= 15 is 0 Å². The Morgan fingerprint density at radius 1 is 0.327 bits per heavy atom. The highest BCUT2D eigenvalue weighted by molar-refractivity contribution is 6.14. The number of furan rings is 1. The third-order valence-electron chi connectivity index (χ3n) is 10.2. The fraction of sp³-hybridized carbons (Fsp3) is 0. The van der Waals surface area contributed by atoms with Crippen LogP contribution < -0.4 is 4.90 Å². The average molecular weight is 664 g/mol. The third-order valence-corrected chi connectivity index (χ3v) is 10.2. The lowest BCUT2D eigenvalue weighted by Crippen LogP contribution is -2.11. The normalized spacial score (nSPS) is 11.5. The Labute approximate surface area is 302 Å². The maximum absolute atomic E-state index is 6.77. The summed E-state index contributed by atoms with van der Waals surface area (Å²) in [6.45, 7) is 0. The fourth-order valence-corrected chi connectivity index (χ4v) is 7.73. The number of hydrogen-bond donors (Lipinski definition) is 0. The van der Waals surface area contributed by atoms with Crippen LogP contribution in [0.15, 0.2) is 205 Å². The third kappa shape index (κ3) is 5.12. The van der Waals surface area contributed by atoms with Crippen LogP contribution in [0.2, 0.25) is 0 Å². The van der Waals surface area contributed by atoms with Crippen molar-refractivity contribution in [2.45, 2.75) is 0 Å². The number of hydrogen-bond acceptors (Lipinski definition) is 2. The minimum Gasteiger partial charge on any atom is -0.455 e. The number of nitrogens with zero attached hydrogens (tertiary/aromatic N) is 1. The smallest absolute Gasteiger partial charge is 0.143 e. The van der Waals surface area contributed by atoms with Crippen LogP contribution in [-0.2, 0) is 0 Å². The number of rotatable bonds is 6. The molecule has 0 aliphatic carbocycles. The standard InChI is InChI=1S/C50H33NO/c1-3-15-35(16-4-1)42-29-28-41(33-46(42)36-17-5-2-6-18-36)51(40-27-26-34-14-7-8-19-37(34)30-40)48-25-12-11-22-43(48)44-23-13-24-45-47-31-38-20-9-10-21-39(38)32-49(47)52-50(44)45/h1-33H. The van der Waals surface area contributed by atoms with Gasteiger partial charge in [0.1, 0.15) is 11.2 Å². The van der Waals surface area contributed by atoms with Crippen molar-refractivity contribution in [1.29, 1.82) is 0 Å². The SMILES string of the molecule is c1ccc(-c2ccc(N(c3ccc4ccccc4c3)c3ccccc3-c3cccc4c3oc3cc5ccccc5cc34)cc2-c2ccccc2)cc1. The first kappa shape index (κ1) is 30.0. The van der Waals surface area contributed by atoms with Gasteiger partial charge >= 0.3 is 0 Å². The summed E-state index contributed by atoms with van der Waals surface area (Å²) in [5.41, 5.74) is 11.9. The van der Waals surface area contributed by atoms with Crippen molar-refractivity contribution in [3.05, 3.63) is 200 Å². The fourth-order valence-electron chi connectivity index (χ4n) is 7.73. The molecule has 0 spiro atoms. The van der Waals surface area contributed by atoms with Crippen molar-refractivity contribution < 1.29 is 4.42 Å². The molecule has 0 saturated heterocycles. The van der Waals surface area contributed by atoms with Crippen LogP contribution in [0.25, 0.3) is 76.9 Å². The molecular formula is C50H33NO. The summed E-state index contributed by atoms with van der Waals surface area (Å²) in [6.07, 6.45) is 0. The molecular weight excluding hydrogens is 631 g/mol. The van der Waals surface area contributed by atoms with Crippen molar-refractivity contribution in [2.75, 3.05) is 4.90 Å². The molecule has 1 aromatic heterocycles. The van der Waals surface area contributed by atoms with Crippen LogP contribution in [0.1, 0.15) is 0 Å². The Balaban J connectivity index is 1.22. The van der Waals surface area contributed by atoms with Crippen LogP contribution in [0, 0.1) is 0 Å². The predicted molar refractivity (Wildman–Crippen MR) is 220 cm³/mol. The molecule has 0 aliphatic heterocycles. The van der Waals surface area contributed by atoms with Gasteiger partial charge < -0.3 is 9.32 Å². The minimum absolute atomic E-state index is 0.892. The summed E-state index contributed by atoms with van der Waals surface area (Å²) in [5, 5.41) is 7.03. The first-order valence-corrected chi connectivity index (χ1v) is 17.8. The average Bonchev–Trinajstić information content (AvgIpc) is 3.58. The zero-order chi connectivity index (χ0) is 34.4. The van der Waals surface area contributed by atoms with Crippen molar-refractivity contribution in [1.82, 2.24) is 0 Å². The Bertz CT molecular complexity index is 2910. The topological polar surface area (TPSA) is 16.4 Å². The van der Waals surface area contributed by atoms with E-state index in [4.69, 9.17) is 4.42 Å². The molecule has 0 aliphatic rings. The van der Waals surface area contributed by atoms with Gasteiger partial charge in [0.25, 0.3) is 0 Å². The van der Waals surface area contributed by atoms with E-state index in [0.717, 1.165) is 50.1 Å². The molecule has 0 fully saturated rings. The molecule has 1 heterocycles. The van der Waals surface area contributed by atoms with Crippen molar-refractivity contribution in [3.63, 3.8) is 0 Å². The molecule has 0 unspecified atom stereocenters. The first-order chi connectivity index (χ1) is 25.8. The Morgan fingerprint density at radius 3 is 1.67 bits per heavy atom. The van der Waals surface area contributed by atoms with E-state index in [2.05, 4.69) is 205 Å². The monoisotopic (exact) mass is 663 g/mol.